The Bertz CT molecular complexity index is 754. The molecule has 0 saturated carbocycles. The molecule has 2 aromatic heterocycles. The first-order valence-corrected chi connectivity index (χ1v) is 8.53. The van der Waals surface area contributed by atoms with Crippen LogP contribution in [0.1, 0.15) is 29.7 Å². The van der Waals surface area contributed by atoms with Crippen molar-refractivity contribution in [1.29, 1.82) is 5.26 Å². The van der Waals surface area contributed by atoms with Crippen LogP contribution in [0.5, 0.6) is 0 Å². The predicted octanol–water partition coefficient (Wildman–Crippen LogP) is 2.88. The number of aryl methyl sites for hydroxylation is 2. The fourth-order valence-electron chi connectivity index (χ4n) is 2.58. The highest BCUT2D eigenvalue weighted by Gasteiger charge is 2.21. The molecule has 4 nitrogen and oxygen atoms in total. The summed E-state index contributed by atoms with van der Waals surface area (Å²) in [5.74, 6) is 0.674. The van der Waals surface area contributed by atoms with Crippen LogP contribution in [0.25, 0.3) is 10.2 Å². The lowest BCUT2D eigenvalue weighted by atomic mass is 9.97. The van der Waals surface area contributed by atoms with Gasteiger partial charge in [-0.25, -0.2) is 4.98 Å². The largest absolute Gasteiger partial charge is 0.290 e. The Hall–Kier alpha value is -1.32. The third-order valence-electron chi connectivity index (χ3n) is 3.60. The summed E-state index contributed by atoms with van der Waals surface area (Å²) < 4.78 is 1.63. The summed E-state index contributed by atoms with van der Waals surface area (Å²) in [6.45, 7) is 0. The van der Waals surface area contributed by atoms with Crippen molar-refractivity contribution in [2.75, 3.05) is 5.75 Å². The molecule has 3 rings (SSSR count). The molecule has 0 N–H and O–H groups in total. The van der Waals surface area contributed by atoms with Gasteiger partial charge in [0.1, 0.15) is 4.83 Å². The van der Waals surface area contributed by atoms with Gasteiger partial charge in [0.25, 0.3) is 5.56 Å². The maximum atomic E-state index is 12.6. The molecular weight excluding hydrogens is 290 g/mol. The Kier molecular flexibility index (Phi) is 3.81. The van der Waals surface area contributed by atoms with Gasteiger partial charge in [0, 0.05) is 24.1 Å². The third-order valence-corrected chi connectivity index (χ3v) is 5.82. The average molecular weight is 305 g/mol. The molecule has 0 radical (unpaired) electrons. The molecule has 0 atom stereocenters. The Labute approximate surface area is 125 Å². The van der Waals surface area contributed by atoms with Crippen molar-refractivity contribution in [3.63, 3.8) is 0 Å². The van der Waals surface area contributed by atoms with Crippen LogP contribution in [0.3, 0.4) is 0 Å². The van der Waals surface area contributed by atoms with Crippen molar-refractivity contribution in [2.24, 2.45) is 7.05 Å². The van der Waals surface area contributed by atoms with E-state index in [0.717, 1.165) is 28.2 Å². The van der Waals surface area contributed by atoms with Crippen molar-refractivity contribution in [3.8, 4) is 6.07 Å². The summed E-state index contributed by atoms with van der Waals surface area (Å²) in [5.41, 5.74) is 1.30. The van der Waals surface area contributed by atoms with E-state index in [0.29, 0.717) is 12.2 Å². The van der Waals surface area contributed by atoms with E-state index in [4.69, 9.17) is 5.26 Å². The number of hydrogen-bond acceptors (Lipinski definition) is 5. The molecule has 2 aromatic rings. The Morgan fingerprint density at radius 3 is 3.05 bits per heavy atom. The zero-order valence-corrected chi connectivity index (χ0v) is 12.9. The molecule has 0 aromatic carbocycles. The first-order valence-electron chi connectivity index (χ1n) is 6.73. The molecule has 0 unspecified atom stereocenters. The first kappa shape index (κ1) is 13.7. The molecule has 0 saturated heterocycles. The van der Waals surface area contributed by atoms with Gasteiger partial charge in [-0.15, -0.1) is 11.3 Å². The second-order valence-electron chi connectivity index (χ2n) is 4.91. The molecule has 0 spiro atoms. The van der Waals surface area contributed by atoms with Crippen LogP contribution >= 0.6 is 23.1 Å². The van der Waals surface area contributed by atoms with E-state index in [-0.39, 0.29) is 5.56 Å². The van der Waals surface area contributed by atoms with Gasteiger partial charge in [0.15, 0.2) is 5.16 Å². The maximum absolute atomic E-state index is 12.6. The molecule has 1 aliphatic carbocycles. The topological polar surface area (TPSA) is 58.7 Å². The van der Waals surface area contributed by atoms with E-state index in [1.807, 2.05) is 0 Å². The molecule has 0 fully saturated rings. The lowest BCUT2D eigenvalue weighted by Crippen LogP contribution is -2.20. The van der Waals surface area contributed by atoms with Crippen molar-refractivity contribution < 1.29 is 0 Å². The normalized spacial score (nSPS) is 14.2. The molecule has 0 amide bonds. The standard InChI is InChI=1S/C14H15N3OS2/c1-17-13(18)11-9-5-2-3-6-10(9)20-12(11)16-14(17)19-8-4-7-15/h2-6,8H2,1H3. The first-order chi connectivity index (χ1) is 9.72. The van der Waals surface area contributed by atoms with Crippen LogP contribution in [0.2, 0.25) is 0 Å². The van der Waals surface area contributed by atoms with Crippen molar-refractivity contribution in [2.45, 2.75) is 37.3 Å². The average Bonchev–Trinajstić information content (AvgIpc) is 2.82. The van der Waals surface area contributed by atoms with Crippen LogP contribution in [0.4, 0.5) is 0 Å². The van der Waals surface area contributed by atoms with Crippen LogP contribution in [0.15, 0.2) is 9.95 Å². The zero-order chi connectivity index (χ0) is 14.1. The smallest absolute Gasteiger partial charge is 0.262 e. The van der Waals surface area contributed by atoms with E-state index >= 15 is 0 Å². The quantitative estimate of drug-likeness (QED) is 0.497. The van der Waals surface area contributed by atoms with E-state index < -0.39 is 0 Å². The second-order valence-corrected chi connectivity index (χ2v) is 7.05. The van der Waals surface area contributed by atoms with Crippen LogP contribution in [-0.4, -0.2) is 15.3 Å². The fourth-order valence-corrected chi connectivity index (χ4v) is 4.70. The summed E-state index contributed by atoms with van der Waals surface area (Å²) in [7, 11) is 1.77. The number of nitrogens with zero attached hydrogens (tertiary/aromatic N) is 3. The van der Waals surface area contributed by atoms with Gasteiger partial charge in [0.2, 0.25) is 0 Å². The molecule has 20 heavy (non-hydrogen) atoms. The van der Waals surface area contributed by atoms with Gasteiger partial charge in [0.05, 0.1) is 11.5 Å². The Morgan fingerprint density at radius 2 is 2.25 bits per heavy atom. The molecule has 1 aliphatic rings. The van der Waals surface area contributed by atoms with Crippen molar-refractivity contribution in [1.82, 2.24) is 9.55 Å². The summed E-state index contributed by atoms with van der Waals surface area (Å²) in [6.07, 6.45) is 4.94. The van der Waals surface area contributed by atoms with Gasteiger partial charge in [-0.1, -0.05) is 11.8 Å². The minimum atomic E-state index is 0.0638. The zero-order valence-electron chi connectivity index (χ0n) is 11.3. The lowest BCUT2D eigenvalue weighted by Gasteiger charge is -2.10. The van der Waals surface area contributed by atoms with Crippen molar-refractivity contribution in [3.05, 3.63) is 20.8 Å². The SMILES string of the molecule is Cn1c(SCCC#N)nc2sc3c(c2c1=O)CCCC3. The van der Waals surface area contributed by atoms with Crippen LogP contribution in [-0.2, 0) is 19.9 Å². The molecule has 0 aliphatic heterocycles. The highest BCUT2D eigenvalue weighted by atomic mass is 32.2. The molecule has 2 heterocycles. The fraction of sp³-hybridized carbons (Fsp3) is 0.500. The summed E-state index contributed by atoms with van der Waals surface area (Å²) >= 11 is 3.16. The van der Waals surface area contributed by atoms with Gasteiger partial charge < -0.3 is 0 Å². The molecular formula is C14H15N3OS2. The van der Waals surface area contributed by atoms with Gasteiger partial charge in [-0.05, 0) is 31.2 Å². The predicted molar refractivity (Wildman–Crippen MR) is 82.5 cm³/mol. The van der Waals surface area contributed by atoms with Gasteiger partial charge in [-0.2, -0.15) is 5.26 Å². The van der Waals surface area contributed by atoms with E-state index in [9.17, 15) is 4.79 Å². The van der Waals surface area contributed by atoms with E-state index in [1.165, 1.54) is 35.0 Å². The number of hydrogen-bond donors (Lipinski definition) is 0. The number of rotatable bonds is 3. The van der Waals surface area contributed by atoms with Gasteiger partial charge in [-0.3, -0.25) is 9.36 Å². The Balaban J connectivity index is 2.10. The molecule has 104 valence electrons. The highest BCUT2D eigenvalue weighted by Crippen LogP contribution is 2.34. The van der Waals surface area contributed by atoms with E-state index in [1.54, 1.807) is 23.0 Å². The summed E-state index contributed by atoms with van der Waals surface area (Å²) in [4.78, 5) is 19.4. The second kappa shape index (κ2) is 5.58. The minimum Gasteiger partial charge on any atom is -0.290 e. The number of thioether (sulfide) groups is 1. The monoisotopic (exact) mass is 305 g/mol. The Morgan fingerprint density at radius 1 is 1.45 bits per heavy atom. The number of thiophene rings is 1. The molecule has 6 heteroatoms. The molecule has 0 bridgehead atoms. The van der Waals surface area contributed by atoms with Crippen LogP contribution < -0.4 is 5.56 Å². The highest BCUT2D eigenvalue weighted by molar-refractivity contribution is 7.99. The third kappa shape index (κ3) is 2.25. The maximum Gasteiger partial charge on any atom is 0.262 e. The van der Waals surface area contributed by atoms with Gasteiger partial charge >= 0.3 is 0 Å². The number of nitriles is 1. The minimum absolute atomic E-state index is 0.0638. The summed E-state index contributed by atoms with van der Waals surface area (Å²) in [5, 5.41) is 10.1. The van der Waals surface area contributed by atoms with Crippen molar-refractivity contribution >= 4 is 33.3 Å². The lowest BCUT2D eigenvalue weighted by molar-refractivity contribution is 0.695. The van der Waals surface area contributed by atoms with E-state index in [2.05, 4.69) is 11.1 Å². The number of aromatic nitrogens is 2. The van der Waals surface area contributed by atoms with Crippen LogP contribution in [0, 0.1) is 11.3 Å². The number of fused-ring (bicyclic) bond motifs is 3. The summed E-state index contributed by atoms with van der Waals surface area (Å²) in [6, 6.07) is 2.12.